The Morgan fingerprint density at radius 2 is 1.83 bits per heavy atom. The molecule has 6 nitrogen and oxygen atoms in total. The van der Waals surface area contributed by atoms with Crippen LogP contribution in [0.2, 0.25) is 0 Å². The van der Waals surface area contributed by atoms with E-state index in [-0.39, 0.29) is 6.42 Å². The molecule has 1 aromatic rings. The van der Waals surface area contributed by atoms with Gasteiger partial charge in [-0.15, -0.1) is 0 Å². The average Bonchev–Trinajstić information content (AvgIpc) is 2.25. The summed E-state index contributed by atoms with van der Waals surface area (Å²) in [7, 11) is 1.63. The van der Waals surface area contributed by atoms with Crippen molar-refractivity contribution < 1.29 is 23.9 Å². The van der Waals surface area contributed by atoms with Crippen LogP contribution in [0.1, 0.15) is 5.56 Å². The maximum Gasteiger partial charge on any atom is 0.224 e. The first-order valence-electron chi connectivity index (χ1n) is 5.10. The fraction of sp³-hybridized carbons (Fsp3) is 0.455. The third-order valence-corrected chi connectivity index (χ3v) is 3.27. The van der Waals surface area contributed by atoms with E-state index in [1.165, 1.54) is 32.6 Å². The lowest BCUT2D eigenvalue weighted by Crippen LogP contribution is -2.41. The lowest BCUT2D eigenvalue weighted by atomic mass is 10.1. The monoisotopic (exact) mass is 275 g/mol. The molecule has 1 unspecified atom stereocenters. The Kier molecular flexibility index (Phi) is 4.69. The summed E-state index contributed by atoms with van der Waals surface area (Å²) in [6.45, 7) is 0. The van der Waals surface area contributed by atoms with Crippen molar-refractivity contribution in [3.05, 3.63) is 17.7 Å². The molecule has 0 spiro atoms. The fourth-order valence-corrected chi connectivity index (χ4v) is 2.27. The Morgan fingerprint density at radius 3 is 2.22 bits per heavy atom. The van der Waals surface area contributed by atoms with Gasteiger partial charge in [0.2, 0.25) is 5.91 Å². The van der Waals surface area contributed by atoms with E-state index in [4.69, 9.17) is 15.2 Å². The summed E-state index contributed by atoms with van der Waals surface area (Å²) in [6.07, 6.45) is 1.28. The van der Waals surface area contributed by atoms with E-state index in [2.05, 4.69) is 0 Å². The van der Waals surface area contributed by atoms with Gasteiger partial charge in [0, 0.05) is 24.3 Å². The van der Waals surface area contributed by atoms with E-state index in [1.807, 2.05) is 0 Å². The number of hydrogen-bond donors (Lipinski definition) is 3. The molecule has 7 heteroatoms. The second-order valence-electron chi connectivity index (χ2n) is 3.82. The van der Waals surface area contributed by atoms with Crippen LogP contribution in [0.4, 0.5) is 0 Å². The topological polar surface area (TPSA) is 102 Å². The molecule has 0 aliphatic rings. The predicted octanol–water partition coefficient (Wildman–Crippen LogP) is -0.419. The van der Waals surface area contributed by atoms with E-state index >= 15 is 0 Å². The number of rotatable bonds is 5. The van der Waals surface area contributed by atoms with Gasteiger partial charge in [0.1, 0.15) is 11.5 Å². The molecule has 1 aromatic carbocycles. The summed E-state index contributed by atoms with van der Waals surface area (Å²) in [4.78, 5) is 0.469. The summed E-state index contributed by atoms with van der Waals surface area (Å²) < 4.78 is 21.8. The van der Waals surface area contributed by atoms with Crippen LogP contribution in [0.5, 0.6) is 11.5 Å². The molecule has 0 bridgehead atoms. The van der Waals surface area contributed by atoms with E-state index in [1.54, 1.807) is 0 Å². The molecule has 18 heavy (non-hydrogen) atoms. The van der Waals surface area contributed by atoms with E-state index in [9.17, 15) is 14.4 Å². The third-order valence-electron chi connectivity index (χ3n) is 2.33. The van der Waals surface area contributed by atoms with Crippen LogP contribution < -0.4 is 15.2 Å². The zero-order valence-corrected chi connectivity index (χ0v) is 11.3. The molecule has 0 radical (unpaired) electrons. The maximum atomic E-state index is 11.5. The summed E-state index contributed by atoms with van der Waals surface area (Å²) >= 11 is 0. The molecule has 4 N–H and O–H groups in total. The first kappa shape index (κ1) is 14.9. The van der Waals surface area contributed by atoms with Gasteiger partial charge in [0.25, 0.3) is 0 Å². The molecule has 0 saturated carbocycles. The molecular weight excluding hydrogens is 258 g/mol. The SMILES string of the molecule is COc1cc(S(C)=O)c(OC)cc1CC(N)(O)O. The lowest BCUT2D eigenvalue weighted by molar-refractivity contribution is -0.153. The number of methoxy groups -OCH3 is 2. The lowest BCUT2D eigenvalue weighted by Gasteiger charge is -2.19. The molecule has 102 valence electrons. The normalized spacial score (nSPS) is 13.2. The summed E-state index contributed by atoms with van der Waals surface area (Å²) in [5.74, 6) is -1.58. The third kappa shape index (κ3) is 3.67. The van der Waals surface area contributed by atoms with Crippen molar-refractivity contribution in [3.8, 4) is 11.5 Å². The number of benzene rings is 1. The van der Waals surface area contributed by atoms with Crippen molar-refractivity contribution in [1.82, 2.24) is 0 Å². The quantitative estimate of drug-likeness (QED) is 0.631. The van der Waals surface area contributed by atoms with Crippen LogP contribution in [0.15, 0.2) is 17.0 Å². The second-order valence-corrected chi connectivity index (χ2v) is 5.17. The summed E-state index contributed by atoms with van der Waals surface area (Å²) in [6, 6.07) is 3.07. The maximum absolute atomic E-state index is 11.5. The Labute approximate surface area is 108 Å². The van der Waals surface area contributed by atoms with Gasteiger partial charge < -0.3 is 19.7 Å². The zero-order chi connectivity index (χ0) is 13.9. The molecule has 0 saturated heterocycles. The summed E-state index contributed by atoms with van der Waals surface area (Å²) in [5.41, 5.74) is 5.59. The van der Waals surface area contributed by atoms with Gasteiger partial charge in [-0.3, -0.25) is 9.94 Å². The second kappa shape index (κ2) is 5.66. The van der Waals surface area contributed by atoms with Crippen molar-refractivity contribution in [1.29, 1.82) is 0 Å². The molecular formula is C11H17NO5S. The number of nitrogens with two attached hydrogens (primary N) is 1. The molecule has 0 heterocycles. The number of aliphatic hydroxyl groups is 2. The van der Waals surface area contributed by atoms with Crippen LogP contribution in [0.25, 0.3) is 0 Å². The van der Waals surface area contributed by atoms with Crippen LogP contribution in [0, 0.1) is 0 Å². The Bertz CT molecular complexity index is 455. The molecule has 0 aliphatic carbocycles. The predicted molar refractivity (Wildman–Crippen MR) is 66.9 cm³/mol. The van der Waals surface area contributed by atoms with Crippen molar-refractivity contribution in [2.24, 2.45) is 5.73 Å². The standard InChI is InChI=1S/C11H17NO5S/c1-16-8-5-10(18(3)15)9(17-2)4-7(8)6-11(12,13)14/h4-5,13-14H,6,12H2,1-3H3. The van der Waals surface area contributed by atoms with Crippen molar-refractivity contribution >= 4 is 10.8 Å². The average molecular weight is 275 g/mol. The Balaban J connectivity index is 3.30. The first-order valence-corrected chi connectivity index (χ1v) is 6.66. The minimum Gasteiger partial charge on any atom is -0.496 e. The highest BCUT2D eigenvalue weighted by Crippen LogP contribution is 2.32. The minimum atomic E-state index is -2.34. The van der Waals surface area contributed by atoms with Gasteiger partial charge in [-0.25, -0.2) is 0 Å². The van der Waals surface area contributed by atoms with Gasteiger partial charge in [-0.1, -0.05) is 0 Å². The van der Waals surface area contributed by atoms with E-state index in [0.717, 1.165) is 0 Å². The first-order chi connectivity index (χ1) is 8.28. The smallest absolute Gasteiger partial charge is 0.224 e. The highest BCUT2D eigenvalue weighted by molar-refractivity contribution is 7.84. The highest BCUT2D eigenvalue weighted by atomic mass is 32.2. The Morgan fingerprint density at radius 1 is 1.28 bits per heavy atom. The van der Waals surface area contributed by atoms with Gasteiger partial charge in [0.05, 0.1) is 29.9 Å². The van der Waals surface area contributed by atoms with Crippen LogP contribution in [0.3, 0.4) is 0 Å². The molecule has 0 amide bonds. The molecule has 1 rings (SSSR count). The number of hydrogen-bond acceptors (Lipinski definition) is 6. The van der Waals surface area contributed by atoms with Gasteiger partial charge >= 0.3 is 0 Å². The van der Waals surface area contributed by atoms with Crippen LogP contribution >= 0.6 is 0 Å². The Hall–Kier alpha value is -1.15. The van der Waals surface area contributed by atoms with Crippen LogP contribution in [-0.2, 0) is 17.2 Å². The number of ether oxygens (including phenoxy) is 2. The fourth-order valence-electron chi connectivity index (χ4n) is 1.58. The molecule has 0 aromatic heterocycles. The van der Waals surface area contributed by atoms with Gasteiger partial charge in [-0.2, -0.15) is 0 Å². The van der Waals surface area contributed by atoms with E-state index < -0.39 is 16.7 Å². The van der Waals surface area contributed by atoms with Crippen molar-refractivity contribution in [3.63, 3.8) is 0 Å². The zero-order valence-electron chi connectivity index (χ0n) is 10.5. The minimum absolute atomic E-state index is 0.233. The molecule has 0 fully saturated rings. The molecule has 0 aliphatic heterocycles. The van der Waals surface area contributed by atoms with E-state index in [0.29, 0.717) is 22.0 Å². The van der Waals surface area contributed by atoms with Crippen molar-refractivity contribution in [2.75, 3.05) is 20.5 Å². The van der Waals surface area contributed by atoms with Crippen molar-refractivity contribution in [2.45, 2.75) is 17.2 Å². The largest absolute Gasteiger partial charge is 0.496 e. The van der Waals surface area contributed by atoms with Gasteiger partial charge in [-0.05, 0) is 6.07 Å². The summed E-state index contributed by atoms with van der Waals surface area (Å²) in [5, 5.41) is 18.4. The van der Waals surface area contributed by atoms with Gasteiger partial charge in [0.15, 0.2) is 0 Å². The van der Waals surface area contributed by atoms with Crippen LogP contribution in [-0.4, -0.2) is 40.8 Å². The molecule has 1 atom stereocenters. The highest BCUT2D eigenvalue weighted by Gasteiger charge is 2.22.